The Morgan fingerprint density at radius 1 is 0.333 bits per heavy atom. The van der Waals surface area contributed by atoms with Gasteiger partial charge in [0.25, 0.3) is 0 Å². The third kappa shape index (κ3) is 9.77. The van der Waals surface area contributed by atoms with Gasteiger partial charge in [-0.2, -0.15) is 0 Å². The van der Waals surface area contributed by atoms with Crippen LogP contribution in [0.1, 0.15) is 33.4 Å². The fraction of sp³-hybridized carbons (Fsp3) is 0.143. The van der Waals surface area contributed by atoms with Crippen LogP contribution in [0, 0.1) is 41.5 Å². The Kier molecular flexibility index (Phi) is 12.1. The number of para-hydroxylation sites is 4. The molecule has 260 valence electrons. The van der Waals surface area contributed by atoms with Crippen molar-refractivity contribution in [1.82, 2.24) is 0 Å². The second-order valence-electron chi connectivity index (χ2n) is 12.1. The van der Waals surface area contributed by atoms with Crippen molar-refractivity contribution >= 4 is 29.0 Å². The molecule has 0 radical (unpaired) electrons. The number of aryl methyl sites for hydroxylation is 6. The molecule has 6 rings (SSSR count). The molecule has 0 aliphatic carbocycles. The standard InChI is InChI=1S/C42H40O6P2S/c1-29-23-25-39(47-49(43-35-19-11-7-15-31(35)3)44-36-20-12-8-16-32(36)4)41(27-29)51-42-28-30(2)24-26-40(42)48-50(45-37-21-13-9-17-33(37)5)46-38-22-14-10-18-34(38)6/h7-28H,1-6H3. The summed E-state index contributed by atoms with van der Waals surface area (Å²) in [5, 5.41) is 0. The highest BCUT2D eigenvalue weighted by molar-refractivity contribution is 7.99. The summed E-state index contributed by atoms with van der Waals surface area (Å²) < 4.78 is 39.0. The van der Waals surface area contributed by atoms with Crippen molar-refractivity contribution in [3.8, 4) is 34.5 Å². The third-order valence-corrected chi connectivity index (χ3v) is 11.0. The molecule has 0 aliphatic heterocycles. The van der Waals surface area contributed by atoms with E-state index in [0.717, 1.165) is 43.2 Å². The van der Waals surface area contributed by atoms with Crippen LogP contribution in [-0.2, 0) is 0 Å². The summed E-state index contributed by atoms with van der Waals surface area (Å²) in [5.41, 5.74) is 6.10. The van der Waals surface area contributed by atoms with E-state index >= 15 is 0 Å². The van der Waals surface area contributed by atoms with Crippen LogP contribution in [0.25, 0.3) is 0 Å². The average Bonchev–Trinajstić information content (AvgIpc) is 3.11. The van der Waals surface area contributed by atoms with Gasteiger partial charge >= 0.3 is 17.2 Å². The van der Waals surface area contributed by atoms with Crippen molar-refractivity contribution in [2.24, 2.45) is 0 Å². The molecule has 0 aromatic heterocycles. The van der Waals surface area contributed by atoms with Crippen molar-refractivity contribution in [3.05, 3.63) is 167 Å². The van der Waals surface area contributed by atoms with Gasteiger partial charge in [0.05, 0.1) is 9.79 Å². The van der Waals surface area contributed by atoms with Crippen molar-refractivity contribution in [1.29, 1.82) is 0 Å². The van der Waals surface area contributed by atoms with E-state index in [9.17, 15) is 0 Å². The number of hydrogen-bond acceptors (Lipinski definition) is 7. The molecule has 51 heavy (non-hydrogen) atoms. The monoisotopic (exact) mass is 734 g/mol. The Hall–Kier alpha value is -4.67. The minimum atomic E-state index is -1.89. The molecule has 0 bridgehead atoms. The Morgan fingerprint density at radius 3 is 0.902 bits per heavy atom. The smallest absolute Gasteiger partial charge is 0.408 e. The molecule has 9 heteroatoms. The molecule has 0 fully saturated rings. The Labute approximate surface area is 307 Å². The summed E-state index contributed by atoms with van der Waals surface area (Å²) in [4.78, 5) is 1.76. The lowest BCUT2D eigenvalue weighted by Gasteiger charge is -2.22. The van der Waals surface area contributed by atoms with Gasteiger partial charge in [0.1, 0.15) is 34.5 Å². The molecule has 0 saturated carbocycles. The van der Waals surface area contributed by atoms with Gasteiger partial charge in [-0.1, -0.05) is 96.7 Å². The molecule has 0 saturated heterocycles. The maximum Gasteiger partial charge on any atom is 0.530 e. The van der Waals surface area contributed by atoms with Gasteiger partial charge < -0.3 is 27.1 Å². The van der Waals surface area contributed by atoms with Crippen LogP contribution in [-0.4, -0.2) is 0 Å². The van der Waals surface area contributed by atoms with E-state index in [0.29, 0.717) is 34.5 Å². The molecule has 6 nitrogen and oxygen atoms in total. The van der Waals surface area contributed by atoms with E-state index in [1.807, 2.05) is 149 Å². The van der Waals surface area contributed by atoms with Gasteiger partial charge in [0.2, 0.25) is 0 Å². The number of hydrogen-bond donors (Lipinski definition) is 0. The summed E-state index contributed by atoms with van der Waals surface area (Å²) in [6.45, 7) is 12.1. The van der Waals surface area contributed by atoms with E-state index in [2.05, 4.69) is 26.0 Å². The zero-order chi connectivity index (χ0) is 35.7. The van der Waals surface area contributed by atoms with Crippen LogP contribution < -0.4 is 27.1 Å². The molecular formula is C42H40O6P2S. The maximum atomic E-state index is 6.64. The zero-order valence-corrected chi connectivity index (χ0v) is 32.1. The van der Waals surface area contributed by atoms with Gasteiger partial charge in [-0.25, -0.2) is 0 Å². The largest absolute Gasteiger partial charge is 0.530 e. The Morgan fingerprint density at radius 2 is 0.608 bits per heavy atom. The van der Waals surface area contributed by atoms with E-state index in [-0.39, 0.29) is 0 Å². The first kappa shape index (κ1) is 36.1. The van der Waals surface area contributed by atoms with Crippen LogP contribution in [0.5, 0.6) is 34.5 Å². The first-order valence-corrected chi connectivity index (χ1v) is 19.5. The van der Waals surface area contributed by atoms with Crippen LogP contribution >= 0.6 is 29.0 Å². The molecule has 0 amide bonds. The first-order valence-electron chi connectivity index (χ1n) is 16.5. The summed E-state index contributed by atoms with van der Waals surface area (Å²) in [5.74, 6) is 4.04. The van der Waals surface area contributed by atoms with Gasteiger partial charge in [-0.3, -0.25) is 0 Å². The second-order valence-corrected chi connectivity index (χ2v) is 15.1. The average molecular weight is 735 g/mol. The predicted molar refractivity (Wildman–Crippen MR) is 209 cm³/mol. The SMILES string of the molecule is Cc1ccc(OP(Oc2ccccc2C)Oc2ccccc2C)c(Sc2cc(C)ccc2OP(Oc2ccccc2C)Oc2ccccc2C)c1. The third-order valence-electron chi connectivity index (χ3n) is 7.83. The normalized spacial score (nSPS) is 11.0. The molecular weight excluding hydrogens is 694 g/mol. The van der Waals surface area contributed by atoms with Crippen LogP contribution in [0.15, 0.2) is 143 Å². The van der Waals surface area contributed by atoms with Crippen LogP contribution in [0.3, 0.4) is 0 Å². The topological polar surface area (TPSA) is 55.4 Å². The molecule has 6 aromatic carbocycles. The Bertz CT molecular complexity index is 1860. The lowest BCUT2D eigenvalue weighted by molar-refractivity contribution is 0.382. The van der Waals surface area contributed by atoms with E-state index in [1.54, 1.807) is 0 Å². The van der Waals surface area contributed by atoms with E-state index in [4.69, 9.17) is 27.1 Å². The van der Waals surface area contributed by atoms with E-state index < -0.39 is 17.2 Å². The van der Waals surface area contributed by atoms with Crippen molar-refractivity contribution < 1.29 is 27.1 Å². The molecule has 6 aromatic rings. The quantitative estimate of drug-likeness (QED) is 0.103. The summed E-state index contributed by atoms with van der Waals surface area (Å²) in [6, 6.07) is 43.5. The zero-order valence-electron chi connectivity index (χ0n) is 29.5. The summed E-state index contributed by atoms with van der Waals surface area (Å²) in [7, 11) is -3.79. The molecule has 0 N–H and O–H groups in total. The number of rotatable bonds is 14. The van der Waals surface area contributed by atoms with Gasteiger partial charge in [-0.15, -0.1) is 0 Å². The molecule has 0 unspecified atom stereocenters. The van der Waals surface area contributed by atoms with Crippen LogP contribution in [0.4, 0.5) is 0 Å². The van der Waals surface area contributed by atoms with Gasteiger partial charge in [0, 0.05) is 0 Å². The van der Waals surface area contributed by atoms with E-state index in [1.165, 1.54) is 11.8 Å². The predicted octanol–water partition coefficient (Wildman–Crippen LogP) is 13.2. The second kappa shape index (κ2) is 17.0. The minimum Gasteiger partial charge on any atom is -0.408 e. The lowest BCUT2D eigenvalue weighted by Crippen LogP contribution is -2.05. The lowest BCUT2D eigenvalue weighted by atomic mass is 10.2. The first-order chi connectivity index (χ1) is 24.7. The highest BCUT2D eigenvalue weighted by atomic mass is 32.2. The summed E-state index contributed by atoms with van der Waals surface area (Å²) in [6.07, 6.45) is 0. The summed E-state index contributed by atoms with van der Waals surface area (Å²) >= 11 is 1.54. The number of benzene rings is 6. The molecule has 0 atom stereocenters. The van der Waals surface area contributed by atoms with Crippen molar-refractivity contribution in [2.75, 3.05) is 0 Å². The maximum absolute atomic E-state index is 6.64. The van der Waals surface area contributed by atoms with Crippen molar-refractivity contribution in [2.45, 2.75) is 51.3 Å². The molecule has 0 aliphatic rings. The van der Waals surface area contributed by atoms with Gasteiger partial charge in [-0.05, 0) is 123 Å². The molecule has 0 heterocycles. The fourth-order valence-corrected chi connectivity index (χ4v) is 8.48. The van der Waals surface area contributed by atoms with Gasteiger partial charge in [0.15, 0.2) is 0 Å². The highest BCUT2D eigenvalue weighted by Gasteiger charge is 2.26. The Balaban J connectivity index is 1.32. The van der Waals surface area contributed by atoms with Crippen LogP contribution in [0.2, 0.25) is 0 Å². The van der Waals surface area contributed by atoms with Crippen molar-refractivity contribution in [3.63, 3.8) is 0 Å². The molecule has 0 spiro atoms. The highest BCUT2D eigenvalue weighted by Crippen LogP contribution is 2.51. The fourth-order valence-electron chi connectivity index (χ4n) is 4.89. The minimum absolute atomic E-state index is 0.626.